The van der Waals surface area contributed by atoms with Gasteiger partial charge in [-0.05, 0) is 24.5 Å². The molecule has 0 radical (unpaired) electrons. The zero-order chi connectivity index (χ0) is 13.0. The van der Waals surface area contributed by atoms with Crippen LogP contribution in [0.4, 0.5) is 0 Å². The summed E-state index contributed by atoms with van der Waals surface area (Å²) in [5.74, 6) is 1.34. The molecular weight excluding hydrogens is 250 g/mol. The third kappa shape index (κ3) is 2.96. The smallest absolute Gasteiger partial charge is 0.261 e. The summed E-state index contributed by atoms with van der Waals surface area (Å²) < 4.78 is 5.65. The van der Waals surface area contributed by atoms with Crippen LogP contribution in [0.25, 0.3) is 0 Å². The van der Waals surface area contributed by atoms with Gasteiger partial charge < -0.3 is 10.1 Å². The first-order valence-corrected chi connectivity index (χ1v) is 6.89. The molecule has 4 heteroatoms. The number of amides is 1. The molecule has 3 nitrogen and oxygen atoms in total. The van der Waals surface area contributed by atoms with Crippen molar-refractivity contribution in [1.29, 1.82) is 0 Å². The molecule has 1 N–H and O–H groups in total. The molecule has 2 unspecified atom stereocenters. The Bertz CT molecular complexity index is 397. The molecule has 1 amide bonds. The number of hydrogen-bond donors (Lipinski definition) is 1. The average molecular weight is 268 g/mol. The summed E-state index contributed by atoms with van der Waals surface area (Å²) in [6.45, 7) is 2.04. The van der Waals surface area contributed by atoms with E-state index in [1.165, 1.54) is 0 Å². The SMILES string of the molecule is CCC(CCCl)NC(=O)C1Cc2ccccc2O1. The largest absolute Gasteiger partial charge is 0.480 e. The normalized spacial score (nSPS) is 18.9. The maximum atomic E-state index is 12.1. The van der Waals surface area contributed by atoms with Crippen LogP contribution >= 0.6 is 11.6 Å². The number of ether oxygens (including phenoxy) is 1. The fraction of sp³-hybridized carbons (Fsp3) is 0.500. The molecule has 1 aliphatic rings. The molecule has 1 aromatic rings. The molecule has 2 rings (SSSR count). The first-order chi connectivity index (χ1) is 8.74. The maximum Gasteiger partial charge on any atom is 0.261 e. The monoisotopic (exact) mass is 267 g/mol. The van der Waals surface area contributed by atoms with Gasteiger partial charge in [-0.3, -0.25) is 4.79 Å². The van der Waals surface area contributed by atoms with Crippen LogP contribution in [0.3, 0.4) is 0 Å². The third-order valence-corrected chi connectivity index (χ3v) is 3.45. The Morgan fingerprint density at radius 1 is 1.56 bits per heavy atom. The Kier molecular flexibility index (Phi) is 4.48. The van der Waals surface area contributed by atoms with E-state index in [0.29, 0.717) is 12.3 Å². The number of carbonyl (C=O) groups excluding carboxylic acids is 1. The van der Waals surface area contributed by atoms with Crippen LogP contribution in [0.1, 0.15) is 25.3 Å². The molecule has 98 valence electrons. The van der Waals surface area contributed by atoms with Gasteiger partial charge in [0.1, 0.15) is 5.75 Å². The molecule has 0 spiro atoms. The molecule has 0 saturated heterocycles. The van der Waals surface area contributed by atoms with Crippen molar-refractivity contribution in [3.05, 3.63) is 29.8 Å². The summed E-state index contributed by atoms with van der Waals surface area (Å²) in [4.78, 5) is 12.1. The van der Waals surface area contributed by atoms with Crippen molar-refractivity contribution in [3.8, 4) is 5.75 Å². The average Bonchev–Trinajstić information content (AvgIpc) is 2.82. The van der Waals surface area contributed by atoms with Gasteiger partial charge >= 0.3 is 0 Å². The van der Waals surface area contributed by atoms with Crippen molar-refractivity contribution in [2.45, 2.75) is 38.3 Å². The maximum absolute atomic E-state index is 12.1. The highest BCUT2D eigenvalue weighted by atomic mass is 35.5. The van der Waals surface area contributed by atoms with Crippen LogP contribution in [0.5, 0.6) is 5.75 Å². The molecule has 0 aliphatic carbocycles. The number of benzene rings is 1. The van der Waals surface area contributed by atoms with Gasteiger partial charge in [0.15, 0.2) is 6.10 Å². The lowest BCUT2D eigenvalue weighted by molar-refractivity contribution is -0.128. The lowest BCUT2D eigenvalue weighted by atomic mass is 10.1. The molecule has 0 bridgehead atoms. The Balaban J connectivity index is 1.92. The quantitative estimate of drug-likeness (QED) is 0.833. The number of rotatable bonds is 5. The second-order valence-electron chi connectivity index (χ2n) is 4.51. The van der Waals surface area contributed by atoms with Crippen LogP contribution < -0.4 is 10.1 Å². The predicted molar refractivity (Wildman–Crippen MR) is 72.1 cm³/mol. The van der Waals surface area contributed by atoms with Crippen LogP contribution in [0, 0.1) is 0 Å². The van der Waals surface area contributed by atoms with E-state index in [1.54, 1.807) is 0 Å². The van der Waals surface area contributed by atoms with Gasteiger partial charge in [-0.1, -0.05) is 25.1 Å². The molecule has 1 aliphatic heterocycles. The van der Waals surface area contributed by atoms with Crippen molar-refractivity contribution < 1.29 is 9.53 Å². The fourth-order valence-electron chi connectivity index (χ4n) is 2.13. The van der Waals surface area contributed by atoms with E-state index in [0.717, 1.165) is 24.2 Å². The predicted octanol–water partition coefficient (Wildman–Crippen LogP) is 2.51. The van der Waals surface area contributed by atoms with E-state index in [2.05, 4.69) is 5.32 Å². The van der Waals surface area contributed by atoms with Gasteiger partial charge in [0.25, 0.3) is 5.91 Å². The Morgan fingerprint density at radius 3 is 3.00 bits per heavy atom. The minimum Gasteiger partial charge on any atom is -0.480 e. The second-order valence-corrected chi connectivity index (χ2v) is 4.89. The Morgan fingerprint density at radius 2 is 2.33 bits per heavy atom. The van der Waals surface area contributed by atoms with Gasteiger partial charge in [-0.25, -0.2) is 0 Å². The van der Waals surface area contributed by atoms with E-state index in [9.17, 15) is 4.79 Å². The van der Waals surface area contributed by atoms with E-state index in [1.807, 2.05) is 31.2 Å². The minimum atomic E-state index is -0.397. The summed E-state index contributed by atoms with van der Waals surface area (Å²) in [6, 6.07) is 7.92. The number of halogens is 1. The third-order valence-electron chi connectivity index (χ3n) is 3.24. The highest BCUT2D eigenvalue weighted by Crippen LogP contribution is 2.28. The van der Waals surface area contributed by atoms with Crippen molar-refractivity contribution >= 4 is 17.5 Å². The summed E-state index contributed by atoms with van der Waals surface area (Å²) >= 11 is 5.71. The van der Waals surface area contributed by atoms with Crippen molar-refractivity contribution in [2.75, 3.05) is 5.88 Å². The standard InChI is InChI=1S/C14H18ClNO2/c1-2-11(7-8-15)16-14(17)13-9-10-5-3-4-6-12(10)18-13/h3-6,11,13H,2,7-9H2,1H3,(H,16,17). The topological polar surface area (TPSA) is 38.3 Å². The molecule has 0 saturated carbocycles. The van der Waals surface area contributed by atoms with Crippen LogP contribution in [0.15, 0.2) is 24.3 Å². The number of carbonyl (C=O) groups is 1. The van der Waals surface area contributed by atoms with Gasteiger partial charge in [0, 0.05) is 18.3 Å². The van der Waals surface area contributed by atoms with Gasteiger partial charge in [0.05, 0.1) is 0 Å². The highest BCUT2D eigenvalue weighted by molar-refractivity contribution is 6.17. The van der Waals surface area contributed by atoms with Crippen molar-refractivity contribution in [3.63, 3.8) is 0 Å². The van der Waals surface area contributed by atoms with E-state index in [-0.39, 0.29) is 11.9 Å². The van der Waals surface area contributed by atoms with Crippen molar-refractivity contribution in [2.24, 2.45) is 0 Å². The summed E-state index contributed by atoms with van der Waals surface area (Å²) in [5.41, 5.74) is 1.10. The fourth-order valence-corrected chi connectivity index (χ4v) is 2.40. The Labute approximate surface area is 112 Å². The molecule has 1 heterocycles. The van der Waals surface area contributed by atoms with Gasteiger partial charge in [-0.2, -0.15) is 0 Å². The molecule has 2 atom stereocenters. The molecule has 0 fully saturated rings. The van der Waals surface area contributed by atoms with E-state index in [4.69, 9.17) is 16.3 Å². The first kappa shape index (κ1) is 13.2. The van der Waals surface area contributed by atoms with Gasteiger partial charge in [-0.15, -0.1) is 11.6 Å². The molecule has 1 aromatic carbocycles. The number of fused-ring (bicyclic) bond motifs is 1. The minimum absolute atomic E-state index is 0.0387. The van der Waals surface area contributed by atoms with Crippen LogP contribution in [-0.2, 0) is 11.2 Å². The summed E-state index contributed by atoms with van der Waals surface area (Å²) in [6.07, 6.45) is 1.94. The lowest BCUT2D eigenvalue weighted by Gasteiger charge is -2.18. The molecule has 0 aromatic heterocycles. The van der Waals surface area contributed by atoms with E-state index < -0.39 is 6.10 Å². The zero-order valence-electron chi connectivity index (χ0n) is 10.5. The number of para-hydroxylation sites is 1. The lowest BCUT2D eigenvalue weighted by Crippen LogP contribution is -2.43. The Hall–Kier alpha value is -1.22. The van der Waals surface area contributed by atoms with Crippen molar-refractivity contribution in [1.82, 2.24) is 5.32 Å². The molecular formula is C14H18ClNO2. The zero-order valence-corrected chi connectivity index (χ0v) is 11.2. The van der Waals surface area contributed by atoms with Gasteiger partial charge in [0.2, 0.25) is 0 Å². The first-order valence-electron chi connectivity index (χ1n) is 6.35. The second kappa shape index (κ2) is 6.10. The van der Waals surface area contributed by atoms with E-state index >= 15 is 0 Å². The molecule has 18 heavy (non-hydrogen) atoms. The van der Waals surface area contributed by atoms with Crippen LogP contribution in [-0.4, -0.2) is 23.9 Å². The highest BCUT2D eigenvalue weighted by Gasteiger charge is 2.29. The number of hydrogen-bond acceptors (Lipinski definition) is 2. The summed E-state index contributed by atoms with van der Waals surface area (Å²) in [5, 5.41) is 3.00. The summed E-state index contributed by atoms with van der Waals surface area (Å²) in [7, 11) is 0. The number of nitrogens with one attached hydrogen (secondary N) is 1. The number of alkyl halides is 1. The van der Waals surface area contributed by atoms with Crippen LogP contribution in [0.2, 0.25) is 0 Å².